The highest BCUT2D eigenvalue weighted by Crippen LogP contribution is 2.39. The molecule has 27 heavy (non-hydrogen) atoms. The van der Waals surface area contributed by atoms with Crippen LogP contribution < -0.4 is 14.8 Å². The maximum absolute atomic E-state index is 12.9. The first-order chi connectivity index (χ1) is 13.1. The Bertz CT molecular complexity index is 817. The fraction of sp³-hybridized carbons (Fsp3) is 0.381. The molecule has 1 aliphatic heterocycles. The first-order valence-electron chi connectivity index (χ1n) is 9.20. The number of carbonyl (C=O) groups is 1. The van der Waals surface area contributed by atoms with Gasteiger partial charge in [0.15, 0.2) is 6.61 Å². The number of aliphatic hydroxyl groups is 1. The minimum Gasteiger partial charge on any atom is -0.493 e. The van der Waals surface area contributed by atoms with E-state index >= 15 is 0 Å². The highest BCUT2D eigenvalue weighted by Gasteiger charge is 2.36. The van der Waals surface area contributed by atoms with Gasteiger partial charge in [-0.1, -0.05) is 6.07 Å². The Hall–Kier alpha value is -2.60. The Morgan fingerprint density at radius 1 is 1.26 bits per heavy atom. The number of hydrogen-bond acceptors (Lipinski definition) is 4. The van der Waals surface area contributed by atoms with Crippen LogP contribution in [0.2, 0.25) is 0 Å². The number of halogens is 1. The van der Waals surface area contributed by atoms with Gasteiger partial charge in [-0.25, -0.2) is 4.39 Å². The molecule has 0 unspecified atom stereocenters. The Morgan fingerprint density at radius 2 is 2.04 bits per heavy atom. The molecule has 2 aliphatic rings. The lowest BCUT2D eigenvalue weighted by atomic mass is 9.75. The first kappa shape index (κ1) is 17.8. The van der Waals surface area contributed by atoms with Crippen LogP contribution in [0.25, 0.3) is 0 Å². The van der Waals surface area contributed by atoms with Crippen molar-refractivity contribution in [3.63, 3.8) is 0 Å². The molecule has 1 amide bonds. The van der Waals surface area contributed by atoms with Crippen LogP contribution in [0.1, 0.15) is 30.0 Å². The quantitative estimate of drug-likeness (QED) is 0.819. The normalized spacial score (nSPS) is 21.6. The topological polar surface area (TPSA) is 67.8 Å². The molecular formula is C21H22FNO4. The average molecular weight is 371 g/mol. The Kier molecular flexibility index (Phi) is 4.99. The van der Waals surface area contributed by atoms with Gasteiger partial charge in [-0.05, 0) is 66.3 Å². The third-order valence-corrected chi connectivity index (χ3v) is 5.19. The third kappa shape index (κ3) is 4.06. The zero-order valence-electron chi connectivity index (χ0n) is 14.9. The van der Waals surface area contributed by atoms with Crippen molar-refractivity contribution in [3.8, 4) is 11.5 Å². The van der Waals surface area contributed by atoms with Crippen molar-refractivity contribution < 1.29 is 23.8 Å². The lowest BCUT2D eigenvalue weighted by Crippen LogP contribution is -2.42. The molecule has 1 saturated carbocycles. The molecule has 1 aliphatic carbocycles. The summed E-state index contributed by atoms with van der Waals surface area (Å²) in [5.74, 6) is 0.933. The second-order valence-electron chi connectivity index (χ2n) is 7.14. The van der Waals surface area contributed by atoms with Crippen LogP contribution in [0, 0.1) is 11.7 Å². The van der Waals surface area contributed by atoms with Crippen LogP contribution in [-0.4, -0.2) is 30.3 Å². The van der Waals surface area contributed by atoms with Gasteiger partial charge in [0, 0.05) is 6.42 Å². The average Bonchev–Trinajstić information content (AvgIpc) is 3.11. The monoisotopic (exact) mass is 371 g/mol. The SMILES string of the molecule is O=C(COc1ccc(F)cc1)N[C@H](c1ccc2c(c1)CCO2)C1CC(O)C1. The molecule has 2 aromatic rings. The fourth-order valence-electron chi connectivity index (χ4n) is 3.67. The van der Waals surface area contributed by atoms with Gasteiger partial charge in [0.1, 0.15) is 17.3 Å². The van der Waals surface area contributed by atoms with Gasteiger partial charge in [0.2, 0.25) is 0 Å². The zero-order valence-corrected chi connectivity index (χ0v) is 14.9. The highest BCUT2D eigenvalue weighted by molar-refractivity contribution is 5.78. The number of amides is 1. The van der Waals surface area contributed by atoms with E-state index in [1.54, 1.807) is 0 Å². The van der Waals surface area contributed by atoms with Crippen LogP contribution in [0.5, 0.6) is 11.5 Å². The Labute approximate surface area is 157 Å². The van der Waals surface area contributed by atoms with Crippen molar-refractivity contribution in [2.45, 2.75) is 31.4 Å². The molecule has 1 atom stereocenters. The summed E-state index contributed by atoms with van der Waals surface area (Å²) >= 11 is 0. The molecule has 5 nitrogen and oxygen atoms in total. The highest BCUT2D eigenvalue weighted by atomic mass is 19.1. The number of fused-ring (bicyclic) bond motifs is 1. The summed E-state index contributed by atoms with van der Waals surface area (Å²) in [4.78, 5) is 12.4. The van der Waals surface area contributed by atoms with Crippen LogP contribution >= 0.6 is 0 Å². The van der Waals surface area contributed by atoms with Crippen LogP contribution in [0.3, 0.4) is 0 Å². The van der Waals surface area contributed by atoms with E-state index in [1.807, 2.05) is 12.1 Å². The Morgan fingerprint density at radius 3 is 2.78 bits per heavy atom. The molecule has 2 aromatic carbocycles. The molecule has 0 spiro atoms. The predicted molar refractivity (Wildman–Crippen MR) is 97.2 cm³/mol. The number of aliphatic hydroxyl groups excluding tert-OH is 1. The van der Waals surface area contributed by atoms with Crippen molar-refractivity contribution in [1.29, 1.82) is 0 Å². The third-order valence-electron chi connectivity index (χ3n) is 5.19. The Balaban J connectivity index is 1.43. The lowest BCUT2D eigenvalue weighted by Gasteiger charge is -2.38. The summed E-state index contributed by atoms with van der Waals surface area (Å²) in [6.07, 6.45) is 1.89. The number of rotatable bonds is 6. The van der Waals surface area contributed by atoms with Crippen molar-refractivity contribution in [1.82, 2.24) is 5.32 Å². The van der Waals surface area contributed by atoms with E-state index in [2.05, 4.69) is 11.4 Å². The standard InChI is InChI=1S/C21H22FNO4/c22-16-2-4-18(5-3-16)27-12-20(25)23-21(15-10-17(24)11-15)14-1-6-19-13(9-14)7-8-26-19/h1-6,9,15,17,21,24H,7-8,10-12H2,(H,23,25)/t15?,17?,21-/m1/s1. The summed E-state index contributed by atoms with van der Waals surface area (Å²) in [5.41, 5.74) is 2.17. The molecule has 1 heterocycles. The van der Waals surface area contributed by atoms with E-state index in [4.69, 9.17) is 9.47 Å². The summed E-state index contributed by atoms with van der Waals surface area (Å²) in [5, 5.41) is 12.7. The fourth-order valence-corrected chi connectivity index (χ4v) is 3.67. The smallest absolute Gasteiger partial charge is 0.258 e. The molecule has 0 saturated heterocycles. The van der Waals surface area contributed by atoms with Gasteiger partial charge in [-0.3, -0.25) is 4.79 Å². The van der Waals surface area contributed by atoms with Gasteiger partial charge in [0.05, 0.1) is 18.8 Å². The molecular weight excluding hydrogens is 349 g/mol. The summed E-state index contributed by atoms with van der Waals surface area (Å²) in [7, 11) is 0. The molecule has 1 fully saturated rings. The number of carbonyl (C=O) groups excluding carboxylic acids is 1. The van der Waals surface area contributed by atoms with Gasteiger partial charge < -0.3 is 19.9 Å². The van der Waals surface area contributed by atoms with E-state index in [1.165, 1.54) is 24.3 Å². The number of hydrogen-bond donors (Lipinski definition) is 2. The molecule has 0 bridgehead atoms. The minimum atomic E-state index is -0.351. The maximum Gasteiger partial charge on any atom is 0.258 e. The lowest BCUT2D eigenvalue weighted by molar-refractivity contribution is -0.125. The first-order valence-corrected chi connectivity index (χ1v) is 9.20. The zero-order chi connectivity index (χ0) is 18.8. The van der Waals surface area contributed by atoms with Crippen LogP contribution in [0.4, 0.5) is 4.39 Å². The van der Waals surface area contributed by atoms with E-state index in [9.17, 15) is 14.3 Å². The van der Waals surface area contributed by atoms with Crippen molar-refractivity contribution in [3.05, 3.63) is 59.4 Å². The van der Waals surface area contributed by atoms with E-state index in [0.29, 0.717) is 25.2 Å². The van der Waals surface area contributed by atoms with Crippen LogP contribution in [0.15, 0.2) is 42.5 Å². The molecule has 0 aromatic heterocycles. The van der Waals surface area contributed by atoms with E-state index in [-0.39, 0.29) is 36.4 Å². The predicted octanol–water partition coefficient (Wildman–Crippen LogP) is 2.77. The van der Waals surface area contributed by atoms with Crippen molar-refractivity contribution >= 4 is 5.91 Å². The van der Waals surface area contributed by atoms with Gasteiger partial charge >= 0.3 is 0 Å². The molecule has 142 valence electrons. The van der Waals surface area contributed by atoms with Crippen molar-refractivity contribution in [2.75, 3.05) is 13.2 Å². The second kappa shape index (κ2) is 7.56. The molecule has 0 radical (unpaired) electrons. The van der Waals surface area contributed by atoms with Gasteiger partial charge in [-0.2, -0.15) is 0 Å². The number of ether oxygens (including phenoxy) is 2. The summed E-state index contributed by atoms with van der Waals surface area (Å²) in [6.45, 7) is 0.537. The van der Waals surface area contributed by atoms with Crippen molar-refractivity contribution in [2.24, 2.45) is 5.92 Å². The summed E-state index contributed by atoms with van der Waals surface area (Å²) in [6, 6.07) is 11.4. The van der Waals surface area contributed by atoms with E-state index in [0.717, 1.165) is 23.3 Å². The van der Waals surface area contributed by atoms with Crippen LogP contribution in [-0.2, 0) is 11.2 Å². The van der Waals surface area contributed by atoms with Gasteiger partial charge in [-0.15, -0.1) is 0 Å². The second-order valence-corrected chi connectivity index (χ2v) is 7.14. The minimum absolute atomic E-state index is 0.147. The molecule has 6 heteroatoms. The maximum atomic E-state index is 12.9. The number of nitrogens with one attached hydrogen (secondary N) is 1. The largest absolute Gasteiger partial charge is 0.493 e. The molecule has 4 rings (SSSR count). The molecule has 2 N–H and O–H groups in total. The van der Waals surface area contributed by atoms with Gasteiger partial charge in [0.25, 0.3) is 5.91 Å². The summed E-state index contributed by atoms with van der Waals surface area (Å²) < 4.78 is 23.9. The van der Waals surface area contributed by atoms with E-state index < -0.39 is 0 Å². The number of benzene rings is 2.